The molecule has 1 aromatic heterocycles. The summed E-state index contributed by atoms with van der Waals surface area (Å²) in [5, 5.41) is 9.73. The second kappa shape index (κ2) is 4.91. The van der Waals surface area contributed by atoms with E-state index in [4.69, 9.17) is 9.84 Å². The van der Waals surface area contributed by atoms with Crippen LogP contribution in [-0.4, -0.2) is 22.7 Å². The molecule has 90 valence electrons. The molecule has 0 unspecified atom stereocenters. The van der Waals surface area contributed by atoms with Gasteiger partial charge in [0, 0.05) is 18.0 Å². The molecule has 17 heavy (non-hydrogen) atoms. The molecule has 0 aliphatic rings. The van der Waals surface area contributed by atoms with E-state index < -0.39 is 5.97 Å². The van der Waals surface area contributed by atoms with Crippen molar-refractivity contribution in [3.05, 3.63) is 30.0 Å². The predicted molar refractivity (Wildman–Crippen MR) is 65.4 cm³/mol. The lowest BCUT2D eigenvalue weighted by molar-refractivity contribution is -0.136. The van der Waals surface area contributed by atoms with Crippen molar-refractivity contribution in [2.45, 2.75) is 19.8 Å². The summed E-state index contributed by atoms with van der Waals surface area (Å²) < 4.78 is 5.51. The Labute approximate surface area is 99.2 Å². The summed E-state index contributed by atoms with van der Waals surface area (Å²) >= 11 is 0. The lowest BCUT2D eigenvalue weighted by Crippen LogP contribution is -1.96. The van der Waals surface area contributed by atoms with Gasteiger partial charge in [-0.3, -0.25) is 4.79 Å². The van der Waals surface area contributed by atoms with Gasteiger partial charge in [-0.05, 0) is 25.0 Å². The molecule has 4 heteroatoms. The topological polar surface area (TPSA) is 62.3 Å². The first-order valence-electron chi connectivity index (χ1n) is 5.66. The lowest BCUT2D eigenvalue weighted by atomic mass is 10.1. The number of aliphatic carboxylic acids is 1. The molecule has 2 N–H and O–H groups in total. The summed E-state index contributed by atoms with van der Waals surface area (Å²) in [5.41, 5.74) is 1.96. The number of aromatic amines is 1. The van der Waals surface area contributed by atoms with Crippen LogP contribution in [0.2, 0.25) is 0 Å². The fourth-order valence-corrected chi connectivity index (χ4v) is 1.91. The van der Waals surface area contributed by atoms with Crippen molar-refractivity contribution in [1.82, 2.24) is 4.98 Å². The van der Waals surface area contributed by atoms with Crippen LogP contribution in [0.3, 0.4) is 0 Å². The monoisotopic (exact) mass is 233 g/mol. The molecule has 0 bridgehead atoms. The Morgan fingerprint density at radius 3 is 3.00 bits per heavy atom. The number of hydrogen-bond acceptors (Lipinski definition) is 2. The number of carboxylic acid groups (broad SMARTS) is 1. The number of H-pyrrole nitrogens is 1. The highest BCUT2D eigenvalue weighted by molar-refractivity contribution is 5.88. The van der Waals surface area contributed by atoms with Gasteiger partial charge in [0.1, 0.15) is 5.75 Å². The first-order valence-corrected chi connectivity index (χ1v) is 5.66. The Balaban J connectivity index is 2.33. The zero-order chi connectivity index (χ0) is 12.3. The molecular formula is C13H15NO3. The number of benzene rings is 1. The van der Waals surface area contributed by atoms with Crippen molar-refractivity contribution >= 4 is 16.9 Å². The number of aromatic nitrogens is 1. The van der Waals surface area contributed by atoms with E-state index in [1.807, 2.05) is 31.3 Å². The number of hydrogen-bond donors (Lipinski definition) is 2. The van der Waals surface area contributed by atoms with Gasteiger partial charge in [0.2, 0.25) is 0 Å². The number of aryl methyl sites for hydroxylation is 1. The molecule has 4 nitrogen and oxygen atoms in total. The highest BCUT2D eigenvalue weighted by Gasteiger charge is 2.09. The maximum atomic E-state index is 10.6. The molecular weight excluding hydrogens is 218 g/mol. The third-order valence-electron chi connectivity index (χ3n) is 2.67. The number of carbonyl (C=O) groups is 1. The first-order chi connectivity index (χ1) is 8.22. The summed E-state index contributed by atoms with van der Waals surface area (Å²) in [5.74, 6) is 0.0342. The average molecular weight is 233 g/mol. The number of para-hydroxylation sites is 1. The van der Waals surface area contributed by atoms with Crippen LogP contribution in [0.5, 0.6) is 5.75 Å². The smallest absolute Gasteiger partial charge is 0.303 e. The number of fused-ring (bicyclic) bond motifs is 1. The maximum Gasteiger partial charge on any atom is 0.303 e. The van der Waals surface area contributed by atoms with Crippen molar-refractivity contribution in [2.75, 3.05) is 6.61 Å². The fourth-order valence-electron chi connectivity index (χ4n) is 1.91. The number of rotatable bonds is 5. The van der Waals surface area contributed by atoms with Crippen LogP contribution >= 0.6 is 0 Å². The molecule has 0 aliphatic heterocycles. The van der Waals surface area contributed by atoms with E-state index in [2.05, 4.69) is 4.98 Å². The lowest BCUT2D eigenvalue weighted by Gasteiger charge is -2.04. The highest BCUT2D eigenvalue weighted by atomic mass is 16.5. The molecule has 0 spiro atoms. The Morgan fingerprint density at radius 2 is 2.29 bits per heavy atom. The summed E-state index contributed by atoms with van der Waals surface area (Å²) in [6, 6.07) is 5.81. The quantitative estimate of drug-likeness (QED) is 0.834. The largest absolute Gasteiger partial charge is 0.492 e. The maximum absolute atomic E-state index is 10.6. The van der Waals surface area contributed by atoms with Gasteiger partial charge < -0.3 is 14.8 Å². The van der Waals surface area contributed by atoms with Crippen LogP contribution in [0, 0.1) is 0 Å². The fraction of sp³-hybridized carbons (Fsp3) is 0.308. The summed E-state index contributed by atoms with van der Waals surface area (Å²) in [6.45, 7) is 2.55. The summed E-state index contributed by atoms with van der Waals surface area (Å²) in [6.07, 6.45) is 2.53. The SMILES string of the molecule is CCOc1cccc2c(CCC(=O)O)c[nH]c12. The van der Waals surface area contributed by atoms with Gasteiger partial charge in [0.15, 0.2) is 0 Å². The van der Waals surface area contributed by atoms with Crippen LogP contribution in [0.25, 0.3) is 10.9 Å². The Hall–Kier alpha value is -1.97. The second-order valence-corrected chi connectivity index (χ2v) is 3.82. The molecule has 0 fully saturated rings. The number of carboxylic acids is 1. The number of ether oxygens (including phenoxy) is 1. The minimum absolute atomic E-state index is 0.145. The van der Waals surface area contributed by atoms with Crippen molar-refractivity contribution in [3.8, 4) is 5.75 Å². The molecule has 1 heterocycles. The van der Waals surface area contributed by atoms with Gasteiger partial charge >= 0.3 is 5.97 Å². The third kappa shape index (κ3) is 2.41. The van der Waals surface area contributed by atoms with E-state index in [-0.39, 0.29) is 6.42 Å². The van der Waals surface area contributed by atoms with E-state index in [0.717, 1.165) is 22.2 Å². The Morgan fingerprint density at radius 1 is 1.47 bits per heavy atom. The second-order valence-electron chi connectivity index (χ2n) is 3.82. The van der Waals surface area contributed by atoms with Gasteiger partial charge in [-0.25, -0.2) is 0 Å². The number of nitrogens with one attached hydrogen (secondary N) is 1. The van der Waals surface area contributed by atoms with Crippen LogP contribution in [0.4, 0.5) is 0 Å². The normalized spacial score (nSPS) is 10.6. The molecule has 0 saturated carbocycles. The standard InChI is InChI=1S/C13H15NO3/c1-2-17-11-5-3-4-10-9(6-7-12(15)16)8-14-13(10)11/h3-5,8,14H,2,6-7H2,1H3,(H,15,16). The van der Waals surface area contributed by atoms with Crippen LogP contribution in [0.1, 0.15) is 18.9 Å². The summed E-state index contributed by atoms with van der Waals surface area (Å²) in [4.78, 5) is 13.7. The Bertz CT molecular complexity index is 530. The Kier molecular flexibility index (Phi) is 3.32. The molecule has 0 radical (unpaired) electrons. The van der Waals surface area contributed by atoms with E-state index in [0.29, 0.717) is 13.0 Å². The third-order valence-corrected chi connectivity index (χ3v) is 2.67. The van der Waals surface area contributed by atoms with Crippen molar-refractivity contribution in [1.29, 1.82) is 0 Å². The zero-order valence-electron chi connectivity index (χ0n) is 9.69. The highest BCUT2D eigenvalue weighted by Crippen LogP contribution is 2.27. The summed E-state index contributed by atoms with van der Waals surface area (Å²) in [7, 11) is 0. The average Bonchev–Trinajstić information content (AvgIpc) is 2.71. The predicted octanol–water partition coefficient (Wildman–Crippen LogP) is 2.58. The molecule has 0 aliphatic carbocycles. The molecule has 1 aromatic carbocycles. The molecule has 2 aromatic rings. The van der Waals surface area contributed by atoms with Crippen molar-refractivity contribution in [2.24, 2.45) is 0 Å². The van der Waals surface area contributed by atoms with Crippen molar-refractivity contribution < 1.29 is 14.6 Å². The first kappa shape index (κ1) is 11.5. The molecule has 0 saturated heterocycles. The van der Waals surface area contributed by atoms with E-state index in [1.54, 1.807) is 0 Å². The van der Waals surface area contributed by atoms with E-state index in [9.17, 15) is 4.79 Å². The van der Waals surface area contributed by atoms with Crippen LogP contribution in [0.15, 0.2) is 24.4 Å². The van der Waals surface area contributed by atoms with Gasteiger partial charge in [0.25, 0.3) is 0 Å². The van der Waals surface area contributed by atoms with Gasteiger partial charge in [-0.2, -0.15) is 0 Å². The minimum atomic E-state index is -0.777. The van der Waals surface area contributed by atoms with Gasteiger partial charge in [-0.1, -0.05) is 12.1 Å². The van der Waals surface area contributed by atoms with Crippen LogP contribution < -0.4 is 4.74 Å². The van der Waals surface area contributed by atoms with E-state index >= 15 is 0 Å². The van der Waals surface area contributed by atoms with Gasteiger partial charge in [-0.15, -0.1) is 0 Å². The zero-order valence-corrected chi connectivity index (χ0v) is 9.69. The minimum Gasteiger partial charge on any atom is -0.492 e. The molecule has 2 rings (SSSR count). The van der Waals surface area contributed by atoms with E-state index in [1.165, 1.54) is 0 Å². The molecule has 0 atom stereocenters. The van der Waals surface area contributed by atoms with Gasteiger partial charge in [0.05, 0.1) is 12.1 Å². The molecule has 0 amide bonds. The van der Waals surface area contributed by atoms with Crippen molar-refractivity contribution in [3.63, 3.8) is 0 Å². The van der Waals surface area contributed by atoms with Crippen LogP contribution in [-0.2, 0) is 11.2 Å².